The summed E-state index contributed by atoms with van der Waals surface area (Å²) in [5, 5.41) is 0. The van der Waals surface area contributed by atoms with Crippen LogP contribution in [-0.2, 0) is 6.54 Å². The summed E-state index contributed by atoms with van der Waals surface area (Å²) in [6, 6.07) is 10.8. The number of carbonyl (C=O) groups excluding carboxylic acids is 2. The Morgan fingerprint density at radius 2 is 1.55 bits per heavy atom. The van der Waals surface area contributed by atoms with E-state index in [-0.39, 0.29) is 18.4 Å². The van der Waals surface area contributed by atoms with Crippen LogP contribution >= 0.6 is 0 Å². The number of benzene rings is 1. The topological polar surface area (TPSA) is 50.3 Å². The van der Waals surface area contributed by atoms with Crippen molar-refractivity contribution < 1.29 is 9.59 Å². The van der Waals surface area contributed by atoms with Crippen molar-refractivity contribution in [2.45, 2.75) is 20.4 Å². The maximum atomic E-state index is 12.3. The van der Waals surface area contributed by atoms with Crippen molar-refractivity contribution in [3.05, 3.63) is 64.5 Å². The van der Waals surface area contributed by atoms with Crippen LogP contribution in [0.4, 0.5) is 0 Å². The molecule has 2 heterocycles. The second-order valence-electron chi connectivity index (χ2n) is 4.96. The molecule has 0 fully saturated rings. The number of aromatic nitrogens is 1. The minimum atomic E-state index is -0.242. The Morgan fingerprint density at radius 3 is 2.15 bits per heavy atom. The lowest BCUT2D eigenvalue weighted by atomic mass is 10.1. The van der Waals surface area contributed by atoms with Crippen molar-refractivity contribution in [1.82, 2.24) is 9.88 Å². The predicted molar refractivity (Wildman–Crippen MR) is 74.4 cm³/mol. The van der Waals surface area contributed by atoms with Crippen LogP contribution in [0.25, 0.3) is 0 Å². The van der Waals surface area contributed by atoms with E-state index in [2.05, 4.69) is 4.98 Å². The van der Waals surface area contributed by atoms with E-state index >= 15 is 0 Å². The van der Waals surface area contributed by atoms with Gasteiger partial charge in [0.1, 0.15) is 0 Å². The van der Waals surface area contributed by atoms with Gasteiger partial charge in [0.25, 0.3) is 11.8 Å². The molecule has 4 heteroatoms. The molecule has 1 aliphatic rings. The molecule has 20 heavy (non-hydrogen) atoms. The molecule has 0 N–H and O–H groups in total. The summed E-state index contributed by atoms with van der Waals surface area (Å²) < 4.78 is 0. The minimum absolute atomic E-state index is 0.222. The third-order valence-corrected chi connectivity index (χ3v) is 3.53. The number of pyridine rings is 1. The van der Waals surface area contributed by atoms with Crippen molar-refractivity contribution in [1.29, 1.82) is 0 Å². The molecule has 2 aromatic rings. The maximum absolute atomic E-state index is 12.3. The number of aryl methyl sites for hydroxylation is 2. The fourth-order valence-corrected chi connectivity index (χ4v) is 2.37. The average molecular weight is 266 g/mol. The highest BCUT2D eigenvalue weighted by molar-refractivity contribution is 6.21. The second kappa shape index (κ2) is 4.56. The number of nitrogens with zero attached hydrogens (tertiary/aromatic N) is 2. The Hall–Kier alpha value is -2.49. The summed E-state index contributed by atoms with van der Waals surface area (Å²) in [6.07, 6.45) is 0. The third kappa shape index (κ3) is 1.90. The van der Waals surface area contributed by atoms with Gasteiger partial charge in [0.15, 0.2) is 0 Å². The number of rotatable bonds is 2. The molecule has 0 aliphatic carbocycles. The fourth-order valence-electron chi connectivity index (χ4n) is 2.37. The van der Waals surface area contributed by atoms with Crippen LogP contribution in [-0.4, -0.2) is 21.7 Å². The van der Waals surface area contributed by atoms with Gasteiger partial charge in [-0.05, 0) is 37.6 Å². The van der Waals surface area contributed by atoms with Gasteiger partial charge < -0.3 is 0 Å². The summed E-state index contributed by atoms with van der Waals surface area (Å²) >= 11 is 0. The number of carbonyl (C=O) groups is 2. The molecule has 1 aromatic heterocycles. The van der Waals surface area contributed by atoms with Crippen molar-refractivity contribution in [3.8, 4) is 0 Å². The molecule has 0 radical (unpaired) electrons. The highest BCUT2D eigenvalue weighted by atomic mass is 16.2. The molecular weight excluding hydrogens is 252 g/mol. The molecule has 0 atom stereocenters. The van der Waals surface area contributed by atoms with Crippen LogP contribution < -0.4 is 0 Å². The standard InChI is InChI=1S/C16H14N2O2/c1-10-7-8-11(2)17-14(10)9-18-15(19)12-5-3-4-6-13(12)16(18)20/h3-8H,9H2,1-2H3. The van der Waals surface area contributed by atoms with Gasteiger partial charge in [-0.15, -0.1) is 0 Å². The van der Waals surface area contributed by atoms with Gasteiger partial charge >= 0.3 is 0 Å². The quantitative estimate of drug-likeness (QED) is 0.785. The Bertz CT molecular complexity index is 687. The number of amides is 2. The summed E-state index contributed by atoms with van der Waals surface area (Å²) in [5.41, 5.74) is 3.57. The fraction of sp³-hybridized carbons (Fsp3) is 0.188. The van der Waals surface area contributed by atoms with Crippen molar-refractivity contribution >= 4 is 11.8 Å². The van der Waals surface area contributed by atoms with Gasteiger partial charge in [-0.3, -0.25) is 19.5 Å². The molecule has 3 rings (SSSR count). The number of imide groups is 1. The minimum Gasteiger partial charge on any atom is -0.269 e. The van der Waals surface area contributed by atoms with Gasteiger partial charge in [0, 0.05) is 5.69 Å². The molecule has 100 valence electrons. The van der Waals surface area contributed by atoms with Gasteiger partial charge in [-0.25, -0.2) is 0 Å². The zero-order valence-electron chi connectivity index (χ0n) is 11.4. The lowest BCUT2D eigenvalue weighted by Gasteiger charge is -2.15. The number of fused-ring (bicyclic) bond motifs is 1. The molecule has 1 aliphatic heterocycles. The first-order chi connectivity index (χ1) is 9.58. The van der Waals surface area contributed by atoms with Crippen molar-refractivity contribution in [3.63, 3.8) is 0 Å². The average Bonchev–Trinajstić information content (AvgIpc) is 2.68. The Balaban J connectivity index is 1.96. The number of hydrogen-bond acceptors (Lipinski definition) is 3. The lowest BCUT2D eigenvalue weighted by Crippen LogP contribution is -2.29. The SMILES string of the molecule is Cc1ccc(C)c(CN2C(=O)c3ccccc3C2=O)n1. The van der Waals surface area contributed by atoms with Crippen LogP contribution in [0, 0.1) is 13.8 Å². The molecule has 0 unspecified atom stereocenters. The third-order valence-electron chi connectivity index (χ3n) is 3.53. The molecule has 2 amide bonds. The lowest BCUT2D eigenvalue weighted by molar-refractivity contribution is 0.0640. The highest BCUT2D eigenvalue weighted by Gasteiger charge is 2.35. The van der Waals surface area contributed by atoms with Gasteiger partial charge in [0.05, 0.1) is 23.4 Å². The van der Waals surface area contributed by atoms with Gasteiger partial charge in [-0.1, -0.05) is 18.2 Å². The molecule has 0 saturated carbocycles. The van der Waals surface area contributed by atoms with E-state index in [0.29, 0.717) is 11.1 Å². The largest absolute Gasteiger partial charge is 0.269 e. The first-order valence-corrected chi connectivity index (χ1v) is 6.46. The van der Waals surface area contributed by atoms with E-state index in [1.165, 1.54) is 4.90 Å². The predicted octanol–water partition coefficient (Wildman–Crippen LogP) is 2.49. The first-order valence-electron chi connectivity index (χ1n) is 6.46. The maximum Gasteiger partial charge on any atom is 0.261 e. The summed E-state index contributed by atoms with van der Waals surface area (Å²) in [4.78, 5) is 30.3. The Kier molecular flexibility index (Phi) is 2.86. The van der Waals surface area contributed by atoms with E-state index in [9.17, 15) is 9.59 Å². The molecule has 1 aromatic carbocycles. The van der Waals surface area contributed by atoms with E-state index in [1.54, 1.807) is 24.3 Å². The summed E-state index contributed by atoms with van der Waals surface area (Å²) in [7, 11) is 0. The smallest absolute Gasteiger partial charge is 0.261 e. The molecule has 0 saturated heterocycles. The first kappa shape index (κ1) is 12.5. The van der Waals surface area contributed by atoms with Crippen LogP contribution in [0.1, 0.15) is 37.7 Å². The molecular formula is C16H14N2O2. The monoisotopic (exact) mass is 266 g/mol. The number of hydrogen-bond donors (Lipinski definition) is 0. The van der Waals surface area contributed by atoms with E-state index in [4.69, 9.17) is 0 Å². The van der Waals surface area contributed by atoms with E-state index in [1.807, 2.05) is 26.0 Å². The summed E-state index contributed by atoms with van der Waals surface area (Å²) in [5.74, 6) is -0.485. The van der Waals surface area contributed by atoms with Crippen LogP contribution in [0.3, 0.4) is 0 Å². The van der Waals surface area contributed by atoms with Gasteiger partial charge in [0.2, 0.25) is 0 Å². The Morgan fingerprint density at radius 1 is 0.950 bits per heavy atom. The normalized spacial score (nSPS) is 13.8. The molecule has 0 spiro atoms. The van der Waals surface area contributed by atoms with Crippen LogP contribution in [0.5, 0.6) is 0 Å². The van der Waals surface area contributed by atoms with Crippen molar-refractivity contribution in [2.75, 3.05) is 0 Å². The van der Waals surface area contributed by atoms with Gasteiger partial charge in [-0.2, -0.15) is 0 Å². The molecule has 4 nitrogen and oxygen atoms in total. The Labute approximate surface area is 117 Å². The zero-order valence-corrected chi connectivity index (χ0v) is 11.4. The van der Waals surface area contributed by atoms with E-state index < -0.39 is 0 Å². The van der Waals surface area contributed by atoms with Crippen molar-refractivity contribution in [2.24, 2.45) is 0 Å². The van der Waals surface area contributed by atoms with E-state index in [0.717, 1.165) is 17.0 Å². The van der Waals surface area contributed by atoms with Crippen LogP contribution in [0.2, 0.25) is 0 Å². The highest BCUT2D eigenvalue weighted by Crippen LogP contribution is 2.24. The van der Waals surface area contributed by atoms with Crippen LogP contribution in [0.15, 0.2) is 36.4 Å². The summed E-state index contributed by atoms with van der Waals surface area (Å²) in [6.45, 7) is 4.05. The zero-order chi connectivity index (χ0) is 14.3. The second-order valence-corrected chi connectivity index (χ2v) is 4.96. The molecule has 0 bridgehead atoms.